The predicted molar refractivity (Wildman–Crippen MR) is 199 cm³/mol. The van der Waals surface area contributed by atoms with E-state index in [1.54, 1.807) is 6.07 Å². The number of carbonyl (C=O) groups excluding carboxylic acids is 2. The summed E-state index contributed by atoms with van der Waals surface area (Å²) < 4.78 is 0. The first-order valence-electron chi connectivity index (χ1n) is 15.6. The molecule has 5 aromatic rings. The average Bonchev–Trinajstić information content (AvgIpc) is 3.12. The van der Waals surface area contributed by atoms with Crippen LogP contribution in [0.25, 0.3) is 51.7 Å². The third-order valence-corrected chi connectivity index (χ3v) is 7.98. The summed E-state index contributed by atoms with van der Waals surface area (Å²) in [4.78, 5) is 42.9. The van der Waals surface area contributed by atoms with Gasteiger partial charge >= 0.3 is 5.91 Å². The van der Waals surface area contributed by atoms with Crippen molar-refractivity contribution in [3.63, 3.8) is 0 Å². The quantitative estimate of drug-likeness (QED) is 0.0663. The number of aryl methyl sites for hydroxylation is 1. The first-order chi connectivity index (χ1) is 23.3. The Hall–Kier alpha value is -6.14. The Morgan fingerprint density at radius 1 is 0.708 bits per heavy atom. The van der Waals surface area contributed by atoms with E-state index in [1.807, 2.05) is 62.4 Å². The van der Waals surface area contributed by atoms with Crippen LogP contribution >= 0.6 is 0 Å². The number of hydrogen-bond acceptors (Lipinski definition) is 5. The smallest absolute Gasteiger partial charge is 0.298 e. The number of fused-ring (bicyclic) bond motifs is 2. The molecule has 0 saturated heterocycles. The van der Waals surface area contributed by atoms with Crippen LogP contribution in [-0.4, -0.2) is 22.2 Å². The van der Waals surface area contributed by atoms with Gasteiger partial charge in [0, 0.05) is 21.5 Å². The fourth-order valence-corrected chi connectivity index (χ4v) is 5.22. The number of amides is 1. The normalized spacial score (nSPS) is 12.8. The van der Waals surface area contributed by atoms with Crippen molar-refractivity contribution in [1.82, 2.24) is 9.97 Å². The van der Waals surface area contributed by atoms with E-state index in [0.29, 0.717) is 17.2 Å². The fraction of sp³-hybridized carbons (Fsp3) is 0.0952. The number of nitroso groups, excluding NO2 is 1. The Bertz CT molecular complexity index is 2220. The molecule has 2 heterocycles. The zero-order valence-corrected chi connectivity index (χ0v) is 27.3. The molecule has 6 nitrogen and oxygen atoms in total. The number of allylic oxidation sites excluding steroid dienone is 8. The van der Waals surface area contributed by atoms with Crippen LogP contribution in [0.2, 0.25) is 0 Å². The fourth-order valence-electron chi connectivity index (χ4n) is 5.22. The van der Waals surface area contributed by atoms with E-state index in [9.17, 15) is 14.5 Å². The Labute approximate surface area is 280 Å². The van der Waals surface area contributed by atoms with Crippen LogP contribution in [0.3, 0.4) is 0 Å². The number of benzene rings is 3. The molecule has 0 N–H and O–H groups in total. The minimum atomic E-state index is -1.01. The number of aldehydes is 1. The number of pyridine rings is 2. The van der Waals surface area contributed by atoms with Crippen molar-refractivity contribution in [2.75, 3.05) is 0 Å². The van der Waals surface area contributed by atoms with Crippen molar-refractivity contribution in [3.8, 4) is 0 Å². The highest BCUT2D eigenvalue weighted by molar-refractivity contribution is 6.02. The summed E-state index contributed by atoms with van der Waals surface area (Å²) in [6.07, 6.45) is 21.2. The number of hydrogen-bond donors (Lipinski definition) is 0. The largest absolute Gasteiger partial charge is 0.335 e. The van der Waals surface area contributed by atoms with Gasteiger partial charge in [-0.05, 0) is 103 Å². The monoisotopic (exact) mass is 629 g/mol. The van der Waals surface area contributed by atoms with Gasteiger partial charge in [-0.15, -0.1) is 4.91 Å². The lowest BCUT2D eigenvalue weighted by Crippen LogP contribution is -2.00. The minimum absolute atomic E-state index is 0.148. The molecule has 3 aromatic carbocycles. The number of carbonyl (C=O) groups is 2. The molecule has 1 amide bonds. The van der Waals surface area contributed by atoms with Crippen molar-refractivity contribution >= 4 is 63.9 Å². The van der Waals surface area contributed by atoms with Crippen molar-refractivity contribution in [3.05, 3.63) is 165 Å². The van der Waals surface area contributed by atoms with Crippen molar-refractivity contribution < 1.29 is 9.59 Å². The van der Waals surface area contributed by atoms with Crippen LogP contribution in [0, 0.1) is 11.8 Å². The average molecular weight is 630 g/mol. The van der Waals surface area contributed by atoms with E-state index in [0.717, 1.165) is 44.4 Å². The molecule has 0 aliphatic rings. The summed E-state index contributed by atoms with van der Waals surface area (Å²) in [5.74, 6) is -1.01. The van der Waals surface area contributed by atoms with E-state index in [4.69, 9.17) is 4.98 Å². The van der Waals surface area contributed by atoms with Crippen molar-refractivity contribution in [1.29, 1.82) is 0 Å². The van der Waals surface area contributed by atoms with Crippen LogP contribution in [0.4, 0.5) is 0 Å². The van der Waals surface area contributed by atoms with E-state index >= 15 is 0 Å². The molecule has 0 aliphatic heterocycles. The Kier molecular flexibility index (Phi) is 10.7. The molecule has 2 aromatic heterocycles. The van der Waals surface area contributed by atoms with Gasteiger partial charge in [0.05, 0.1) is 16.7 Å². The van der Waals surface area contributed by atoms with Gasteiger partial charge in [0.2, 0.25) is 0 Å². The number of nitrogens with zero attached hydrogens (tertiary/aromatic N) is 3. The van der Waals surface area contributed by atoms with Crippen molar-refractivity contribution in [2.24, 2.45) is 5.18 Å². The molecule has 5 rings (SSSR count). The molecule has 6 heteroatoms. The number of rotatable bonds is 10. The summed E-state index contributed by atoms with van der Waals surface area (Å²) in [5, 5.41) is 4.15. The lowest BCUT2D eigenvalue weighted by molar-refractivity contribution is 0.0996. The summed E-state index contributed by atoms with van der Waals surface area (Å²) in [6.45, 7) is 8.26. The molecule has 0 atom stereocenters. The van der Waals surface area contributed by atoms with Crippen LogP contribution in [-0.2, 0) is 0 Å². The maximum absolute atomic E-state index is 11.7. The lowest BCUT2D eigenvalue weighted by atomic mass is 10.0. The Morgan fingerprint density at radius 2 is 1.31 bits per heavy atom. The van der Waals surface area contributed by atoms with Crippen LogP contribution < -0.4 is 0 Å². The first-order valence-corrected chi connectivity index (χ1v) is 15.6. The summed E-state index contributed by atoms with van der Waals surface area (Å²) >= 11 is 0. The molecule has 0 radical (unpaired) electrons. The van der Waals surface area contributed by atoms with Gasteiger partial charge in [0.15, 0.2) is 6.29 Å². The highest BCUT2D eigenvalue weighted by Gasteiger charge is 2.12. The van der Waals surface area contributed by atoms with E-state index < -0.39 is 5.91 Å². The maximum Gasteiger partial charge on any atom is 0.335 e. The molecular weight excluding hydrogens is 594 g/mol. The SMILES string of the molecule is C\C=C/C(/C=C/c1ccc2nc(/C(C)=C\C)cc(C)c2c1)=C\C=C\c1ccc(/C=C/c2ccc3nc(C(=O)N=O)cc(C=O)c3c2)cc1. The summed E-state index contributed by atoms with van der Waals surface area (Å²) in [6, 6.07) is 23.4. The molecular formula is C42H35N3O3. The second kappa shape index (κ2) is 15.4. The van der Waals surface area contributed by atoms with Gasteiger partial charge in [-0.2, -0.15) is 0 Å². The minimum Gasteiger partial charge on any atom is -0.298 e. The third-order valence-electron chi connectivity index (χ3n) is 7.98. The van der Waals surface area contributed by atoms with Crippen LogP contribution in [0.15, 0.2) is 120 Å². The third kappa shape index (κ3) is 7.98. The molecule has 48 heavy (non-hydrogen) atoms. The van der Waals surface area contributed by atoms with Gasteiger partial charge in [-0.1, -0.05) is 97.2 Å². The Balaban J connectivity index is 1.27. The lowest BCUT2D eigenvalue weighted by Gasteiger charge is -2.07. The Morgan fingerprint density at radius 3 is 1.98 bits per heavy atom. The molecule has 0 saturated carbocycles. The van der Waals surface area contributed by atoms with Gasteiger partial charge in [0.1, 0.15) is 5.69 Å². The summed E-state index contributed by atoms with van der Waals surface area (Å²) in [7, 11) is 0. The molecule has 0 spiro atoms. The second-order valence-electron chi connectivity index (χ2n) is 11.3. The van der Waals surface area contributed by atoms with Gasteiger partial charge in [-0.25, -0.2) is 9.97 Å². The maximum atomic E-state index is 11.7. The highest BCUT2D eigenvalue weighted by Crippen LogP contribution is 2.24. The van der Waals surface area contributed by atoms with E-state index in [-0.39, 0.29) is 11.3 Å². The first kappa shape index (κ1) is 33.2. The van der Waals surface area contributed by atoms with Crippen molar-refractivity contribution in [2.45, 2.75) is 27.7 Å². The zero-order chi connectivity index (χ0) is 34.0. The van der Waals surface area contributed by atoms with Crippen LogP contribution in [0.5, 0.6) is 0 Å². The molecule has 0 fully saturated rings. The van der Waals surface area contributed by atoms with Crippen LogP contribution in [0.1, 0.15) is 75.1 Å². The predicted octanol–water partition coefficient (Wildman–Crippen LogP) is 10.6. The van der Waals surface area contributed by atoms with Gasteiger partial charge in [-0.3, -0.25) is 9.59 Å². The second-order valence-corrected chi connectivity index (χ2v) is 11.3. The van der Waals surface area contributed by atoms with E-state index in [1.165, 1.54) is 17.2 Å². The highest BCUT2D eigenvalue weighted by atomic mass is 16.3. The topological polar surface area (TPSA) is 89.3 Å². The summed E-state index contributed by atoms with van der Waals surface area (Å²) in [5.41, 5.74) is 10.1. The van der Waals surface area contributed by atoms with E-state index in [2.05, 4.69) is 96.9 Å². The molecule has 236 valence electrons. The standard InChI is InChI=1S/C42H35N3O3/c1-5-8-30(15-17-33-19-21-38-36(24-33)29(4)23-40(43-38)28(3)6-2)9-7-10-31-11-13-32(14-12-31)16-18-34-20-22-39-37(25-34)35(27-46)26-41(44-39)42(47)45-48/h5-27H,1-4H3/b8-5-,10-7+,17-15+,18-16+,28-6-,30-9+. The zero-order valence-electron chi connectivity index (χ0n) is 27.3. The molecule has 0 bridgehead atoms. The number of aromatic nitrogens is 2. The molecule has 0 unspecified atom stereocenters. The molecule has 0 aliphatic carbocycles. The van der Waals surface area contributed by atoms with Gasteiger partial charge < -0.3 is 0 Å². The van der Waals surface area contributed by atoms with Gasteiger partial charge in [0.25, 0.3) is 0 Å².